The molecule has 0 unspecified atom stereocenters. The number of nitrogens with one attached hydrogen (secondary N) is 1. The number of phenolic OH excluding ortho intramolecular Hbond substituents is 1. The van der Waals surface area contributed by atoms with Crippen molar-refractivity contribution in [3.63, 3.8) is 0 Å². The van der Waals surface area contributed by atoms with Gasteiger partial charge in [0.25, 0.3) is 0 Å². The molecule has 0 aliphatic heterocycles. The van der Waals surface area contributed by atoms with Crippen molar-refractivity contribution in [1.82, 2.24) is 0 Å². The van der Waals surface area contributed by atoms with E-state index in [1.54, 1.807) is 12.1 Å². The maximum absolute atomic E-state index is 10.1. The first-order valence-corrected chi connectivity index (χ1v) is 4.00. The fourth-order valence-corrected chi connectivity index (χ4v) is 1.08. The Hall–Kier alpha value is -1.55. The monoisotopic (exact) mass is 180 g/mol. The third-order valence-electron chi connectivity index (χ3n) is 1.71. The first-order chi connectivity index (χ1) is 6.27. The summed E-state index contributed by atoms with van der Waals surface area (Å²) in [7, 11) is 0. The third kappa shape index (κ3) is 2.45. The molecule has 0 atom stereocenters. The van der Waals surface area contributed by atoms with Gasteiger partial charge in [-0.3, -0.25) is 4.79 Å². The summed E-state index contributed by atoms with van der Waals surface area (Å²) in [5, 5.41) is 11.8. The summed E-state index contributed by atoms with van der Waals surface area (Å²) in [4.78, 5) is 10.1. The van der Waals surface area contributed by atoms with E-state index in [1.807, 2.05) is 6.07 Å². The van der Waals surface area contributed by atoms with Crippen LogP contribution in [-0.2, 0) is 11.2 Å². The van der Waals surface area contributed by atoms with E-state index in [1.165, 1.54) is 0 Å². The average Bonchev–Trinajstić information content (AvgIpc) is 2.10. The van der Waals surface area contributed by atoms with E-state index >= 15 is 0 Å². The lowest BCUT2D eigenvalue weighted by atomic mass is 10.1. The van der Waals surface area contributed by atoms with E-state index in [9.17, 15) is 9.90 Å². The molecule has 1 rings (SSSR count). The molecular weight excluding hydrogens is 168 g/mol. The summed E-state index contributed by atoms with van der Waals surface area (Å²) < 4.78 is 0. The number of aromatic hydroxyl groups is 1. The summed E-state index contributed by atoms with van der Waals surface area (Å²) in [6.45, 7) is 0.542. The topological polar surface area (TPSA) is 75.3 Å². The van der Waals surface area contributed by atoms with Crippen molar-refractivity contribution in [3.05, 3.63) is 23.8 Å². The lowest BCUT2D eigenvalue weighted by Crippen LogP contribution is -2.03. The van der Waals surface area contributed by atoms with Crippen LogP contribution in [0.4, 0.5) is 5.69 Å². The molecule has 0 aromatic heterocycles. The number of hydrogen-bond donors (Lipinski definition) is 3. The van der Waals surface area contributed by atoms with Crippen LogP contribution in [0.15, 0.2) is 18.2 Å². The molecule has 0 aliphatic rings. The van der Waals surface area contributed by atoms with E-state index in [4.69, 9.17) is 5.73 Å². The van der Waals surface area contributed by atoms with E-state index < -0.39 is 0 Å². The van der Waals surface area contributed by atoms with Gasteiger partial charge in [0.1, 0.15) is 5.75 Å². The molecule has 4 nitrogen and oxygen atoms in total. The fourth-order valence-electron chi connectivity index (χ4n) is 1.08. The number of nitrogens with two attached hydrogens (primary N) is 1. The Labute approximate surface area is 76.4 Å². The van der Waals surface area contributed by atoms with Crippen LogP contribution in [-0.4, -0.2) is 18.1 Å². The second kappa shape index (κ2) is 4.47. The lowest BCUT2D eigenvalue weighted by molar-refractivity contribution is -0.105. The zero-order chi connectivity index (χ0) is 9.68. The number of benzene rings is 1. The van der Waals surface area contributed by atoms with Gasteiger partial charge in [-0.1, -0.05) is 6.07 Å². The van der Waals surface area contributed by atoms with Crippen molar-refractivity contribution in [1.29, 1.82) is 0 Å². The van der Waals surface area contributed by atoms with Crippen LogP contribution in [0.2, 0.25) is 0 Å². The molecule has 1 aromatic carbocycles. The van der Waals surface area contributed by atoms with Crippen molar-refractivity contribution in [3.8, 4) is 5.75 Å². The van der Waals surface area contributed by atoms with Crippen molar-refractivity contribution in [2.75, 3.05) is 11.9 Å². The number of carbonyl (C=O) groups is 1. The second-order valence-electron chi connectivity index (χ2n) is 2.65. The smallest absolute Gasteiger partial charge is 0.211 e. The largest absolute Gasteiger partial charge is 0.506 e. The van der Waals surface area contributed by atoms with E-state index in [2.05, 4.69) is 5.32 Å². The number of amides is 1. The standard InChI is InChI=1S/C9H12N2O2/c10-4-3-7-1-2-8(11-6-12)9(13)5-7/h1-2,5-6,13H,3-4,10H2,(H,11,12). The first kappa shape index (κ1) is 9.54. The molecule has 0 radical (unpaired) electrons. The lowest BCUT2D eigenvalue weighted by Gasteiger charge is -2.04. The Morgan fingerprint density at radius 2 is 2.31 bits per heavy atom. The molecule has 4 heteroatoms. The van der Waals surface area contributed by atoms with Crippen molar-refractivity contribution >= 4 is 12.1 Å². The molecule has 0 aliphatic carbocycles. The van der Waals surface area contributed by atoms with Gasteiger partial charge in [0.15, 0.2) is 0 Å². The minimum atomic E-state index is 0.0676. The third-order valence-corrected chi connectivity index (χ3v) is 1.71. The number of hydrogen-bond acceptors (Lipinski definition) is 3. The molecule has 0 saturated carbocycles. The summed E-state index contributed by atoms with van der Waals surface area (Å²) in [6.07, 6.45) is 1.24. The molecule has 13 heavy (non-hydrogen) atoms. The molecule has 4 N–H and O–H groups in total. The van der Waals surface area contributed by atoms with Gasteiger partial charge in [-0.05, 0) is 30.7 Å². The highest BCUT2D eigenvalue weighted by atomic mass is 16.3. The van der Waals surface area contributed by atoms with Crippen LogP contribution in [0.25, 0.3) is 0 Å². The van der Waals surface area contributed by atoms with E-state index in [0.717, 1.165) is 12.0 Å². The summed E-state index contributed by atoms with van der Waals surface area (Å²) in [5.74, 6) is 0.0676. The van der Waals surface area contributed by atoms with Gasteiger partial charge in [-0.25, -0.2) is 0 Å². The van der Waals surface area contributed by atoms with Crippen LogP contribution in [0.5, 0.6) is 5.75 Å². The highest BCUT2D eigenvalue weighted by Crippen LogP contribution is 2.23. The molecule has 0 spiro atoms. The highest BCUT2D eigenvalue weighted by Gasteiger charge is 2.00. The minimum Gasteiger partial charge on any atom is -0.506 e. The average molecular weight is 180 g/mol. The predicted molar refractivity (Wildman–Crippen MR) is 50.6 cm³/mol. The zero-order valence-electron chi connectivity index (χ0n) is 7.16. The van der Waals surface area contributed by atoms with Crippen LogP contribution >= 0.6 is 0 Å². The predicted octanol–water partition coefficient (Wildman–Crippen LogP) is 0.462. The van der Waals surface area contributed by atoms with Crippen LogP contribution in [0.1, 0.15) is 5.56 Å². The first-order valence-electron chi connectivity index (χ1n) is 4.00. The maximum atomic E-state index is 10.1. The van der Waals surface area contributed by atoms with Gasteiger partial charge in [0.2, 0.25) is 6.41 Å². The Kier molecular flexibility index (Phi) is 3.28. The van der Waals surface area contributed by atoms with Gasteiger partial charge < -0.3 is 16.2 Å². The summed E-state index contributed by atoms with van der Waals surface area (Å²) >= 11 is 0. The number of phenols is 1. The van der Waals surface area contributed by atoms with Crippen molar-refractivity contribution in [2.24, 2.45) is 5.73 Å². The van der Waals surface area contributed by atoms with Crippen molar-refractivity contribution in [2.45, 2.75) is 6.42 Å². The molecular formula is C9H12N2O2. The van der Waals surface area contributed by atoms with Gasteiger partial charge in [-0.2, -0.15) is 0 Å². The zero-order valence-corrected chi connectivity index (χ0v) is 7.16. The van der Waals surface area contributed by atoms with E-state index in [0.29, 0.717) is 18.6 Å². The van der Waals surface area contributed by atoms with E-state index in [-0.39, 0.29) is 5.75 Å². The van der Waals surface area contributed by atoms with Gasteiger partial charge in [0, 0.05) is 0 Å². The molecule has 0 heterocycles. The SMILES string of the molecule is NCCc1ccc(NC=O)c(O)c1. The highest BCUT2D eigenvalue weighted by molar-refractivity contribution is 5.75. The van der Waals surface area contributed by atoms with Crippen LogP contribution in [0.3, 0.4) is 0 Å². The van der Waals surface area contributed by atoms with Crippen LogP contribution in [0, 0.1) is 0 Å². The molecule has 0 saturated heterocycles. The molecule has 1 aromatic rings. The number of carbonyl (C=O) groups excluding carboxylic acids is 1. The molecule has 0 fully saturated rings. The van der Waals surface area contributed by atoms with Crippen molar-refractivity contribution < 1.29 is 9.90 Å². The maximum Gasteiger partial charge on any atom is 0.211 e. The number of rotatable bonds is 4. The Balaban J connectivity index is 2.84. The second-order valence-corrected chi connectivity index (χ2v) is 2.65. The molecule has 1 amide bonds. The van der Waals surface area contributed by atoms with Gasteiger partial charge >= 0.3 is 0 Å². The van der Waals surface area contributed by atoms with Gasteiger partial charge in [0.05, 0.1) is 5.69 Å². The Bertz CT molecular complexity index is 300. The molecule has 0 bridgehead atoms. The minimum absolute atomic E-state index is 0.0676. The van der Waals surface area contributed by atoms with Crippen LogP contribution < -0.4 is 11.1 Å². The summed E-state index contributed by atoms with van der Waals surface area (Å²) in [6, 6.07) is 5.06. The molecule has 70 valence electrons. The number of anilines is 1. The fraction of sp³-hybridized carbons (Fsp3) is 0.222. The normalized spacial score (nSPS) is 9.62. The van der Waals surface area contributed by atoms with Gasteiger partial charge in [-0.15, -0.1) is 0 Å². The Morgan fingerprint density at radius 1 is 1.54 bits per heavy atom. The Morgan fingerprint density at radius 3 is 2.85 bits per heavy atom. The quantitative estimate of drug-likeness (QED) is 0.465. The summed E-state index contributed by atoms with van der Waals surface area (Å²) in [5.41, 5.74) is 6.72.